The van der Waals surface area contributed by atoms with Crippen LogP contribution in [0.25, 0.3) is 0 Å². The molecule has 0 aliphatic heterocycles. The number of aliphatic hydroxyl groups is 2. The molecule has 3 N–H and O–H groups in total. The molecule has 400 valence electrons. The molecule has 68 heavy (non-hydrogen) atoms. The minimum atomic E-state index is -0.792. The van der Waals surface area contributed by atoms with E-state index in [1.807, 2.05) is 0 Å². The molecule has 0 aliphatic rings. The maximum Gasteiger partial charge on any atom is 0.306 e. The summed E-state index contributed by atoms with van der Waals surface area (Å²) in [6.07, 6.45) is 67.8. The summed E-state index contributed by atoms with van der Waals surface area (Å²) in [4.78, 5) is 26.3. The van der Waals surface area contributed by atoms with Crippen LogP contribution in [-0.4, -0.2) is 46.9 Å². The van der Waals surface area contributed by atoms with Crippen molar-refractivity contribution in [1.29, 1.82) is 0 Å². The number of amides is 1. The van der Waals surface area contributed by atoms with Crippen LogP contribution in [0.1, 0.15) is 323 Å². The van der Waals surface area contributed by atoms with Gasteiger partial charge in [-0.2, -0.15) is 0 Å². The highest BCUT2D eigenvalue weighted by Gasteiger charge is 2.24. The molecule has 3 atom stereocenters. The zero-order chi connectivity index (χ0) is 49.5. The summed E-state index contributed by atoms with van der Waals surface area (Å²) in [5.41, 5.74) is 0. The Bertz CT molecular complexity index is 1120. The summed E-state index contributed by atoms with van der Waals surface area (Å²) in [5, 5.41) is 23.9. The second kappa shape index (κ2) is 56.0. The third kappa shape index (κ3) is 50.5. The third-order valence-electron chi connectivity index (χ3n) is 14.0. The molecule has 0 rings (SSSR count). The number of hydrogen-bond acceptors (Lipinski definition) is 5. The molecule has 0 saturated carbocycles. The number of carbonyl (C=O) groups is 2. The molecule has 0 radical (unpaired) electrons. The number of carbonyl (C=O) groups excluding carboxylic acids is 2. The maximum atomic E-state index is 13.3. The van der Waals surface area contributed by atoms with Crippen LogP contribution < -0.4 is 5.32 Å². The fourth-order valence-electron chi connectivity index (χ4n) is 9.38. The lowest BCUT2D eigenvalue weighted by Gasteiger charge is -2.24. The first-order chi connectivity index (χ1) is 33.5. The van der Waals surface area contributed by atoms with Crippen LogP contribution in [0.2, 0.25) is 0 Å². The van der Waals surface area contributed by atoms with E-state index in [1.54, 1.807) is 0 Å². The van der Waals surface area contributed by atoms with Crippen LogP contribution in [0.15, 0.2) is 36.5 Å². The summed E-state index contributed by atoms with van der Waals surface area (Å²) in [7, 11) is 0. The fourth-order valence-corrected chi connectivity index (χ4v) is 9.38. The van der Waals surface area contributed by atoms with E-state index < -0.39 is 18.2 Å². The summed E-state index contributed by atoms with van der Waals surface area (Å²) in [6, 6.07) is -0.707. The zero-order valence-electron chi connectivity index (χ0n) is 45.8. The molecule has 0 aromatic carbocycles. The topological polar surface area (TPSA) is 95.9 Å². The molecule has 0 bridgehead atoms. The van der Waals surface area contributed by atoms with Crippen molar-refractivity contribution in [2.45, 2.75) is 341 Å². The molecule has 0 heterocycles. The van der Waals surface area contributed by atoms with Gasteiger partial charge in [0, 0.05) is 6.42 Å². The molecule has 6 heteroatoms. The zero-order valence-corrected chi connectivity index (χ0v) is 45.8. The summed E-state index contributed by atoms with van der Waals surface area (Å²) in [5.74, 6) is -0.477. The van der Waals surface area contributed by atoms with Gasteiger partial charge in [0.2, 0.25) is 5.91 Å². The molecule has 0 saturated heterocycles. The second-order valence-electron chi connectivity index (χ2n) is 20.8. The van der Waals surface area contributed by atoms with E-state index in [2.05, 4.69) is 62.5 Å². The molecular weight excluding hydrogens is 839 g/mol. The highest BCUT2D eigenvalue weighted by atomic mass is 16.5. The number of nitrogens with one attached hydrogen (secondary N) is 1. The molecule has 0 spiro atoms. The van der Waals surface area contributed by atoms with E-state index in [0.717, 1.165) is 83.5 Å². The number of ether oxygens (including phenoxy) is 1. The van der Waals surface area contributed by atoms with Crippen LogP contribution in [0.4, 0.5) is 0 Å². The van der Waals surface area contributed by atoms with Crippen LogP contribution in [0.3, 0.4) is 0 Å². The first-order valence-electron chi connectivity index (χ1n) is 30.2. The standard InChI is InChI=1S/C62H117NO5/c1-4-7-10-13-16-19-22-25-28-30-32-34-37-40-43-46-49-52-55-62(67)68-58(53-50-47-44-41-38-35-33-31-29-26-23-20-17-14-11-8-5-2)56-61(66)63-59(57-64)60(65)54-51-48-45-42-39-36-27-24-21-18-15-12-9-6-3/h17,20,26,29,33,35,58-60,64-65H,4-16,18-19,21-25,27-28,30-32,34,36-57H2,1-3H3,(H,63,66)/b20-17-,29-26-,35-33-. The van der Waals surface area contributed by atoms with E-state index in [0.29, 0.717) is 19.3 Å². The predicted octanol–water partition coefficient (Wildman–Crippen LogP) is 18.8. The Balaban J connectivity index is 4.56. The van der Waals surface area contributed by atoms with Gasteiger partial charge in [0.1, 0.15) is 6.10 Å². The Kier molecular flexibility index (Phi) is 54.4. The normalized spacial score (nSPS) is 13.3. The Hall–Kier alpha value is -1.92. The van der Waals surface area contributed by atoms with Crippen LogP contribution in [0.5, 0.6) is 0 Å². The largest absolute Gasteiger partial charge is 0.462 e. The number of aliphatic hydroxyl groups excluding tert-OH is 2. The molecule has 6 nitrogen and oxygen atoms in total. The van der Waals surface area contributed by atoms with Gasteiger partial charge in [-0.25, -0.2) is 0 Å². The van der Waals surface area contributed by atoms with Crippen molar-refractivity contribution in [3.8, 4) is 0 Å². The minimum Gasteiger partial charge on any atom is -0.462 e. The van der Waals surface area contributed by atoms with E-state index in [9.17, 15) is 19.8 Å². The number of allylic oxidation sites excluding steroid dienone is 6. The number of hydrogen-bond donors (Lipinski definition) is 3. The Morgan fingerprint density at radius 1 is 0.426 bits per heavy atom. The lowest BCUT2D eigenvalue weighted by molar-refractivity contribution is -0.151. The third-order valence-corrected chi connectivity index (χ3v) is 14.0. The molecule has 1 amide bonds. The lowest BCUT2D eigenvalue weighted by Crippen LogP contribution is -2.46. The van der Waals surface area contributed by atoms with E-state index in [-0.39, 0.29) is 24.9 Å². The van der Waals surface area contributed by atoms with E-state index in [1.165, 1.54) is 193 Å². The van der Waals surface area contributed by atoms with Crippen molar-refractivity contribution in [3.63, 3.8) is 0 Å². The van der Waals surface area contributed by atoms with Gasteiger partial charge >= 0.3 is 5.97 Å². The number of rotatable bonds is 55. The van der Waals surface area contributed by atoms with Crippen LogP contribution >= 0.6 is 0 Å². The van der Waals surface area contributed by atoms with Crippen molar-refractivity contribution in [3.05, 3.63) is 36.5 Å². The van der Waals surface area contributed by atoms with Gasteiger partial charge in [-0.05, 0) is 64.2 Å². The first-order valence-corrected chi connectivity index (χ1v) is 30.2. The van der Waals surface area contributed by atoms with E-state index in [4.69, 9.17) is 4.74 Å². The van der Waals surface area contributed by atoms with Gasteiger partial charge in [0.15, 0.2) is 0 Å². The molecule has 0 aromatic heterocycles. The monoisotopic (exact) mass is 956 g/mol. The molecule has 0 aliphatic carbocycles. The van der Waals surface area contributed by atoms with Crippen LogP contribution in [0, 0.1) is 0 Å². The molecule has 0 aromatic rings. The number of unbranched alkanes of at least 4 members (excludes halogenated alkanes) is 37. The Morgan fingerprint density at radius 2 is 0.750 bits per heavy atom. The fraction of sp³-hybridized carbons (Fsp3) is 0.871. The van der Waals surface area contributed by atoms with Crippen molar-refractivity contribution in [2.75, 3.05) is 6.61 Å². The van der Waals surface area contributed by atoms with Crippen molar-refractivity contribution in [1.82, 2.24) is 5.32 Å². The summed E-state index contributed by atoms with van der Waals surface area (Å²) in [6.45, 7) is 6.49. The van der Waals surface area contributed by atoms with Crippen molar-refractivity contribution < 1.29 is 24.5 Å². The maximum absolute atomic E-state index is 13.3. The molecular formula is C62H117NO5. The average Bonchev–Trinajstić information content (AvgIpc) is 3.33. The highest BCUT2D eigenvalue weighted by molar-refractivity contribution is 5.77. The van der Waals surface area contributed by atoms with Crippen molar-refractivity contribution >= 4 is 11.9 Å². The van der Waals surface area contributed by atoms with Crippen LogP contribution in [-0.2, 0) is 14.3 Å². The summed E-state index contributed by atoms with van der Waals surface area (Å²) >= 11 is 0. The van der Waals surface area contributed by atoms with Gasteiger partial charge in [-0.15, -0.1) is 0 Å². The van der Waals surface area contributed by atoms with Gasteiger partial charge < -0.3 is 20.3 Å². The highest BCUT2D eigenvalue weighted by Crippen LogP contribution is 2.19. The van der Waals surface area contributed by atoms with Gasteiger partial charge in [-0.1, -0.05) is 282 Å². The number of esters is 1. The van der Waals surface area contributed by atoms with Crippen molar-refractivity contribution in [2.24, 2.45) is 0 Å². The van der Waals surface area contributed by atoms with Gasteiger partial charge in [0.05, 0.1) is 25.2 Å². The average molecular weight is 957 g/mol. The lowest BCUT2D eigenvalue weighted by atomic mass is 10.0. The van der Waals surface area contributed by atoms with Gasteiger partial charge in [0.25, 0.3) is 0 Å². The minimum absolute atomic E-state index is 0.0673. The SMILES string of the molecule is CCCCC/C=C\C/C=C\C/C=C\CCCCCCC(CC(=O)NC(CO)C(O)CCCCCCCCCCCCCCCC)OC(=O)CCCCCCCCCCCCCCCCCCCC. The Morgan fingerprint density at radius 3 is 1.16 bits per heavy atom. The first kappa shape index (κ1) is 66.1. The van der Waals surface area contributed by atoms with Gasteiger partial charge in [-0.3, -0.25) is 9.59 Å². The molecule has 3 unspecified atom stereocenters. The molecule has 0 fully saturated rings. The van der Waals surface area contributed by atoms with E-state index >= 15 is 0 Å². The quantitative estimate of drug-likeness (QED) is 0.0321. The second-order valence-corrected chi connectivity index (χ2v) is 20.8. The Labute approximate surface area is 424 Å². The predicted molar refractivity (Wildman–Crippen MR) is 296 cm³/mol. The smallest absolute Gasteiger partial charge is 0.306 e. The summed E-state index contributed by atoms with van der Waals surface area (Å²) < 4.78 is 5.97.